The van der Waals surface area contributed by atoms with E-state index in [0.29, 0.717) is 22.3 Å². The molecule has 0 spiro atoms. The van der Waals surface area contributed by atoms with Gasteiger partial charge in [0.1, 0.15) is 0 Å². The maximum Gasteiger partial charge on any atom is 0.337 e. The molecule has 10 heteroatoms. The molecule has 0 bridgehead atoms. The van der Waals surface area contributed by atoms with Crippen LogP contribution in [0.15, 0.2) is 70.9 Å². The number of methoxy groups -OCH3 is 2. The molecule has 0 radical (unpaired) electrons. The number of ether oxygens (including phenoxy) is 2. The van der Waals surface area contributed by atoms with Crippen molar-refractivity contribution in [2.45, 2.75) is 13.1 Å². The highest BCUT2D eigenvalue weighted by Gasteiger charge is 2.13. The molecular formula is C24H20N6O4. The van der Waals surface area contributed by atoms with Gasteiger partial charge in [-0.2, -0.15) is 0 Å². The quantitative estimate of drug-likeness (QED) is 0.171. The molecule has 10 nitrogen and oxygen atoms in total. The molecule has 0 N–H and O–H groups in total. The Labute approximate surface area is 195 Å². The third kappa shape index (κ3) is 5.34. The van der Waals surface area contributed by atoms with Gasteiger partial charge in [0.25, 0.3) is 0 Å². The predicted molar refractivity (Wildman–Crippen MR) is 126 cm³/mol. The molecule has 0 aliphatic heterocycles. The highest BCUT2D eigenvalue weighted by atomic mass is 16.5. The van der Waals surface area contributed by atoms with E-state index in [1.54, 1.807) is 36.4 Å². The zero-order chi connectivity index (χ0) is 24.5. The monoisotopic (exact) mass is 456 g/mol. The van der Waals surface area contributed by atoms with Crippen LogP contribution < -0.4 is 0 Å². The lowest BCUT2D eigenvalue weighted by atomic mass is 9.93. The third-order valence-corrected chi connectivity index (χ3v) is 5.17. The summed E-state index contributed by atoms with van der Waals surface area (Å²) in [5.41, 5.74) is 22.9. The molecule has 3 aromatic carbocycles. The summed E-state index contributed by atoms with van der Waals surface area (Å²) in [7, 11) is 2.60. The third-order valence-electron chi connectivity index (χ3n) is 5.17. The van der Waals surface area contributed by atoms with Gasteiger partial charge < -0.3 is 9.47 Å². The van der Waals surface area contributed by atoms with Crippen LogP contribution in [-0.4, -0.2) is 26.2 Å². The van der Waals surface area contributed by atoms with E-state index >= 15 is 0 Å². The van der Waals surface area contributed by atoms with E-state index in [4.69, 9.17) is 20.5 Å². The molecule has 0 fully saturated rings. The summed E-state index contributed by atoms with van der Waals surface area (Å²) in [6, 6.07) is 17.7. The van der Waals surface area contributed by atoms with Crippen molar-refractivity contribution in [2.75, 3.05) is 14.2 Å². The molecule has 0 unspecified atom stereocenters. The molecule has 0 saturated carbocycles. The Morgan fingerprint density at radius 3 is 1.41 bits per heavy atom. The van der Waals surface area contributed by atoms with Gasteiger partial charge in [0.15, 0.2) is 0 Å². The first-order valence-corrected chi connectivity index (χ1v) is 10.1. The van der Waals surface area contributed by atoms with Crippen molar-refractivity contribution < 1.29 is 19.1 Å². The van der Waals surface area contributed by atoms with Gasteiger partial charge in [-0.25, -0.2) is 9.59 Å². The maximum absolute atomic E-state index is 11.9. The summed E-state index contributed by atoms with van der Waals surface area (Å²) in [5.74, 6) is -0.959. The Balaban J connectivity index is 2.02. The molecule has 0 aromatic heterocycles. The number of rotatable bonds is 8. The van der Waals surface area contributed by atoms with E-state index < -0.39 is 11.9 Å². The number of benzene rings is 3. The fourth-order valence-electron chi connectivity index (χ4n) is 3.55. The Morgan fingerprint density at radius 2 is 1.09 bits per heavy atom. The fraction of sp³-hybridized carbons (Fsp3) is 0.167. The summed E-state index contributed by atoms with van der Waals surface area (Å²) in [6.45, 7) is 0.146. The smallest absolute Gasteiger partial charge is 0.337 e. The molecule has 0 aliphatic carbocycles. The van der Waals surface area contributed by atoms with Crippen LogP contribution in [-0.2, 0) is 22.6 Å². The number of azide groups is 2. The molecule has 0 aliphatic rings. The van der Waals surface area contributed by atoms with E-state index in [1.165, 1.54) is 14.2 Å². The van der Waals surface area contributed by atoms with Gasteiger partial charge in [-0.05, 0) is 68.7 Å². The molecule has 3 aromatic rings. The number of nitrogens with zero attached hydrogens (tertiary/aromatic N) is 6. The van der Waals surface area contributed by atoms with E-state index in [-0.39, 0.29) is 13.1 Å². The van der Waals surface area contributed by atoms with Crippen molar-refractivity contribution in [3.05, 3.63) is 104 Å². The molecule has 0 saturated heterocycles. The van der Waals surface area contributed by atoms with E-state index in [2.05, 4.69) is 20.1 Å². The maximum atomic E-state index is 11.9. The van der Waals surface area contributed by atoms with Crippen LogP contribution in [0.25, 0.3) is 43.1 Å². The van der Waals surface area contributed by atoms with Crippen molar-refractivity contribution in [3.63, 3.8) is 0 Å². The highest BCUT2D eigenvalue weighted by molar-refractivity contribution is 5.91. The Morgan fingerprint density at radius 1 is 0.706 bits per heavy atom. The number of esters is 2. The Hall–Kier alpha value is -4.78. The van der Waals surface area contributed by atoms with Crippen LogP contribution >= 0.6 is 0 Å². The number of carbonyl (C=O) groups excluding carboxylic acids is 2. The molecule has 0 atom stereocenters. The molecular weight excluding hydrogens is 436 g/mol. The minimum Gasteiger partial charge on any atom is -0.465 e. The Kier molecular flexibility index (Phi) is 7.86. The number of carbonyl (C=O) groups is 2. The summed E-state index contributed by atoms with van der Waals surface area (Å²) < 4.78 is 9.55. The summed E-state index contributed by atoms with van der Waals surface area (Å²) >= 11 is 0. The first-order valence-electron chi connectivity index (χ1n) is 10.1. The largest absolute Gasteiger partial charge is 0.465 e. The summed E-state index contributed by atoms with van der Waals surface area (Å²) in [4.78, 5) is 29.4. The van der Waals surface area contributed by atoms with Gasteiger partial charge in [0.05, 0.1) is 38.4 Å². The summed E-state index contributed by atoms with van der Waals surface area (Å²) in [6.07, 6.45) is 0. The molecule has 170 valence electrons. The van der Waals surface area contributed by atoms with Gasteiger partial charge >= 0.3 is 11.9 Å². The zero-order valence-corrected chi connectivity index (χ0v) is 18.5. The van der Waals surface area contributed by atoms with Crippen LogP contribution in [0.5, 0.6) is 0 Å². The van der Waals surface area contributed by atoms with Gasteiger partial charge in [0, 0.05) is 9.82 Å². The van der Waals surface area contributed by atoms with Crippen LogP contribution in [0, 0.1) is 0 Å². The first kappa shape index (κ1) is 23.9. The van der Waals surface area contributed by atoms with Crippen molar-refractivity contribution in [1.82, 2.24) is 0 Å². The lowest BCUT2D eigenvalue weighted by Gasteiger charge is -2.13. The lowest BCUT2D eigenvalue weighted by Crippen LogP contribution is -2.03. The zero-order valence-electron chi connectivity index (χ0n) is 18.5. The highest BCUT2D eigenvalue weighted by Crippen LogP contribution is 2.31. The molecule has 0 amide bonds. The second kappa shape index (κ2) is 11.2. The fourth-order valence-corrected chi connectivity index (χ4v) is 3.55. The van der Waals surface area contributed by atoms with Crippen LogP contribution in [0.2, 0.25) is 0 Å². The van der Waals surface area contributed by atoms with Crippen molar-refractivity contribution in [2.24, 2.45) is 10.2 Å². The van der Waals surface area contributed by atoms with E-state index in [9.17, 15) is 9.59 Å². The summed E-state index contributed by atoms with van der Waals surface area (Å²) in [5, 5.41) is 7.28. The van der Waals surface area contributed by atoms with E-state index in [0.717, 1.165) is 22.3 Å². The van der Waals surface area contributed by atoms with Crippen LogP contribution in [0.1, 0.15) is 31.8 Å². The number of hydrogen-bond acceptors (Lipinski definition) is 6. The van der Waals surface area contributed by atoms with E-state index in [1.807, 2.05) is 24.3 Å². The second-order valence-electron chi connectivity index (χ2n) is 7.08. The van der Waals surface area contributed by atoms with Crippen molar-refractivity contribution >= 4 is 11.9 Å². The normalized spacial score (nSPS) is 9.94. The second-order valence-corrected chi connectivity index (χ2v) is 7.08. The van der Waals surface area contributed by atoms with Crippen LogP contribution in [0.4, 0.5) is 0 Å². The van der Waals surface area contributed by atoms with Gasteiger partial charge in [0.2, 0.25) is 0 Å². The first-order chi connectivity index (χ1) is 16.5. The molecule has 3 rings (SSSR count). The van der Waals surface area contributed by atoms with Gasteiger partial charge in [-0.1, -0.05) is 46.6 Å². The average molecular weight is 456 g/mol. The molecule has 0 heterocycles. The van der Waals surface area contributed by atoms with Crippen LogP contribution in [0.3, 0.4) is 0 Å². The number of hydrogen-bond donors (Lipinski definition) is 0. The lowest BCUT2D eigenvalue weighted by molar-refractivity contribution is 0.0592. The Bertz CT molecular complexity index is 1220. The van der Waals surface area contributed by atoms with Gasteiger partial charge in [-0.3, -0.25) is 0 Å². The minimum absolute atomic E-state index is 0.0731. The van der Waals surface area contributed by atoms with Crippen molar-refractivity contribution in [3.8, 4) is 22.3 Å². The van der Waals surface area contributed by atoms with Crippen molar-refractivity contribution in [1.29, 1.82) is 0 Å². The predicted octanol–water partition coefficient (Wildman–Crippen LogP) is 6.21. The van der Waals surface area contributed by atoms with Gasteiger partial charge in [-0.15, -0.1) is 0 Å². The minimum atomic E-state index is -0.480. The molecule has 34 heavy (non-hydrogen) atoms. The SMILES string of the molecule is COC(=O)c1ccc(-c2ccc(-c3ccc(C(=O)OC)cc3CN=[N+]=[N-])cc2)c(CN=[N+]=[N-])c1. The average Bonchev–Trinajstić information content (AvgIpc) is 2.89. The standard InChI is InChI=1S/C24H20N6O4/c1-33-23(31)17-7-9-21(19(11-17)13-27-29-25)15-3-5-16(6-4-15)22-10-8-18(24(32)34-2)12-20(22)14-28-30-26/h3-12H,13-14H2,1-2H3. The topological polar surface area (TPSA) is 150 Å².